The van der Waals surface area contributed by atoms with E-state index in [0.29, 0.717) is 6.07 Å². The summed E-state index contributed by atoms with van der Waals surface area (Å²) in [6.45, 7) is 1.20. The van der Waals surface area contributed by atoms with Crippen molar-refractivity contribution < 1.29 is 31.7 Å². The Hall–Kier alpha value is -4.98. The number of hydrogen-bond acceptors (Lipinski definition) is 9. The number of non-ortho nitro benzene ring substituents is 1. The number of allylic oxidation sites excluding steroid dienone is 1. The molecule has 0 radical (unpaired) electrons. The molecule has 1 aliphatic rings. The number of amidine groups is 1. The number of Topliss-reactive ketones (excluding diaryl/α,β-unsaturated/α-hetero) is 2. The van der Waals surface area contributed by atoms with Gasteiger partial charge in [0.2, 0.25) is 11.6 Å². The molecule has 3 aromatic rings. The van der Waals surface area contributed by atoms with Gasteiger partial charge in [-0.05, 0) is 37.3 Å². The van der Waals surface area contributed by atoms with Crippen LogP contribution >= 0.6 is 0 Å². The van der Waals surface area contributed by atoms with Gasteiger partial charge in [-0.25, -0.2) is 17.2 Å². The molecule has 3 aromatic carbocycles. The number of ketones is 2. The minimum atomic E-state index is -4.22. The Morgan fingerprint density at radius 1 is 0.921 bits per heavy atom. The van der Waals surface area contributed by atoms with E-state index in [0.717, 1.165) is 24.3 Å². The molecule has 1 aliphatic heterocycles. The van der Waals surface area contributed by atoms with Gasteiger partial charge in [-0.3, -0.25) is 29.8 Å². The molecule has 11 nitrogen and oxygen atoms in total. The van der Waals surface area contributed by atoms with Crippen LogP contribution in [0.25, 0.3) is 0 Å². The van der Waals surface area contributed by atoms with E-state index in [1.54, 1.807) is 0 Å². The van der Waals surface area contributed by atoms with E-state index in [9.17, 15) is 36.9 Å². The summed E-state index contributed by atoms with van der Waals surface area (Å²) in [4.78, 5) is 37.2. The number of carbonyl (C=O) groups is 2. The monoisotopic (exact) mass is 541 g/mol. The van der Waals surface area contributed by atoms with E-state index in [1.165, 1.54) is 37.3 Å². The Labute approximate surface area is 213 Å². The lowest BCUT2D eigenvalue weighted by Gasteiger charge is -2.12. The van der Waals surface area contributed by atoms with Crippen molar-refractivity contribution in [3.63, 3.8) is 0 Å². The van der Waals surface area contributed by atoms with E-state index in [1.807, 2.05) is 4.72 Å². The molecule has 0 aromatic heterocycles. The van der Waals surface area contributed by atoms with Gasteiger partial charge in [0.1, 0.15) is 28.9 Å². The summed E-state index contributed by atoms with van der Waals surface area (Å²) in [6.07, 6.45) is 0. The largest absolute Gasteiger partial charge is 0.339 e. The van der Waals surface area contributed by atoms with Crippen molar-refractivity contribution in [1.29, 1.82) is 5.41 Å². The Kier molecular flexibility index (Phi) is 6.74. The van der Waals surface area contributed by atoms with Crippen molar-refractivity contribution in [3.05, 3.63) is 105 Å². The van der Waals surface area contributed by atoms with Crippen LogP contribution in [0, 0.1) is 27.2 Å². The van der Waals surface area contributed by atoms with Gasteiger partial charge in [-0.15, -0.1) is 0 Å². The van der Waals surface area contributed by atoms with Gasteiger partial charge in [0.25, 0.3) is 15.7 Å². The van der Waals surface area contributed by atoms with E-state index < -0.39 is 49.3 Å². The first-order valence-electron chi connectivity index (χ1n) is 10.7. The zero-order valence-electron chi connectivity index (χ0n) is 19.3. The molecule has 0 fully saturated rings. The van der Waals surface area contributed by atoms with Gasteiger partial charge in [0.15, 0.2) is 0 Å². The third-order valence-corrected chi connectivity index (χ3v) is 6.71. The first-order valence-corrected chi connectivity index (χ1v) is 12.1. The van der Waals surface area contributed by atoms with Crippen LogP contribution in [-0.2, 0) is 10.0 Å². The van der Waals surface area contributed by atoms with Crippen molar-refractivity contribution in [2.75, 3.05) is 10.6 Å². The van der Waals surface area contributed by atoms with Crippen molar-refractivity contribution in [2.24, 2.45) is 0 Å². The number of halogens is 2. The van der Waals surface area contributed by atoms with Gasteiger partial charge in [-0.2, -0.15) is 0 Å². The maximum atomic E-state index is 13.9. The molecule has 0 unspecified atom stereocenters. The van der Waals surface area contributed by atoms with Crippen LogP contribution in [0.15, 0.2) is 77.0 Å². The van der Waals surface area contributed by atoms with Crippen molar-refractivity contribution in [1.82, 2.24) is 4.72 Å². The number of nitrogens with one attached hydrogen (secondary N) is 4. The Bertz CT molecular complexity index is 1670. The highest BCUT2D eigenvalue weighted by molar-refractivity contribution is 7.90. The molecule has 4 rings (SSSR count). The second kappa shape index (κ2) is 9.82. The fourth-order valence-electron chi connectivity index (χ4n) is 3.65. The highest BCUT2D eigenvalue weighted by Gasteiger charge is 2.31. The van der Waals surface area contributed by atoms with Crippen LogP contribution in [0.1, 0.15) is 27.6 Å². The number of hydrogen-bond donors (Lipinski definition) is 4. The zero-order valence-corrected chi connectivity index (χ0v) is 20.2. The minimum Gasteiger partial charge on any atom is -0.339 e. The molecule has 0 amide bonds. The minimum absolute atomic E-state index is 0.153. The first-order chi connectivity index (χ1) is 17.9. The summed E-state index contributed by atoms with van der Waals surface area (Å²) in [5, 5.41) is 24.0. The summed E-state index contributed by atoms with van der Waals surface area (Å²) >= 11 is 0. The molecular weight excluding hydrogens is 524 g/mol. The topological polar surface area (TPSA) is 171 Å². The van der Waals surface area contributed by atoms with Gasteiger partial charge in [-0.1, -0.05) is 12.1 Å². The Morgan fingerprint density at radius 3 is 2.18 bits per heavy atom. The predicted molar refractivity (Wildman–Crippen MR) is 133 cm³/mol. The highest BCUT2D eigenvalue weighted by atomic mass is 32.2. The molecule has 4 N–H and O–H groups in total. The van der Waals surface area contributed by atoms with Gasteiger partial charge >= 0.3 is 0 Å². The number of sulfonamides is 1. The van der Waals surface area contributed by atoms with E-state index in [-0.39, 0.29) is 39.2 Å². The molecule has 0 atom stereocenters. The molecular formula is C24H17F2N5O6S. The number of rotatable bonds is 7. The summed E-state index contributed by atoms with van der Waals surface area (Å²) in [5.41, 5.74) is -1.27. The van der Waals surface area contributed by atoms with Crippen molar-refractivity contribution >= 4 is 44.5 Å². The second-order valence-corrected chi connectivity index (χ2v) is 9.74. The van der Waals surface area contributed by atoms with Crippen LogP contribution in [0.5, 0.6) is 0 Å². The lowest BCUT2D eigenvalue weighted by atomic mass is 9.95. The van der Waals surface area contributed by atoms with Crippen LogP contribution < -0.4 is 15.4 Å². The van der Waals surface area contributed by atoms with Crippen LogP contribution in [-0.4, -0.2) is 30.7 Å². The maximum absolute atomic E-state index is 13.9. The zero-order chi connectivity index (χ0) is 27.8. The first kappa shape index (κ1) is 26.1. The van der Waals surface area contributed by atoms with Gasteiger partial charge in [0.05, 0.1) is 21.2 Å². The van der Waals surface area contributed by atoms with Crippen LogP contribution in [0.3, 0.4) is 0 Å². The van der Waals surface area contributed by atoms with Gasteiger partial charge in [0, 0.05) is 29.3 Å². The molecule has 194 valence electrons. The number of carbonyl (C=O) groups excluding carboxylic acids is 2. The molecule has 0 spiro atoms. The molecule has 0 saturated heterocycles. The molecule has 1 heterocycles. The third kappa shape index (κ3) is 5.24. The number of nitrogens with zero attached hydrogens (tertiary/aromatic N) is 1. The quantitative estimate of drug-likeness (QED) is 0.0509. The highest BCUT2D eigenvalue weighted by Crippen LogP contribution is 2.36. The third-order valence-electron chi connectivity index (χ3n) is 5.26. The van der Waals surface area contributed by atoms with Gasteiger partial charge < -0.3 is 10.6 Å². The number of fused-ring (bicyclic) bond motifs is 1. The smallest absolute Gasteiger partial charge is 0.271 e. The fourth-order valence-corrected chi connectivity index (χ4v) is 4.71. The average Bonchev–Trinajstić information content (AvgIpc) is 3.25. The van der Waals surface area contributed by atoms with E-state index in [2.05, 4.69) is 10.6 Å². The summed E-state index contributed by atoms with van der Waals surface area (Å²) in [7, 11) is -4.22. The summed E-state index contributed by atoms with van der Waals surface area (Å²) in [6, 6.07) is 10.3. The van der Waals surface area contributed by atoms with Crippen molar-refractivity contribution in [3.8, 4) is 0 Å². The number of benzene rings is 3. The lowest BCUT2D eigenvalue weighted by molar-refractivity contribution is -0.384. The SMILES string of the molecule is CC(=N)NS(=O)(=O)c1cccc(C(=O)C(C(=O)c2cc(F)cc(F)c2)=C2Nc3ccc([N+](=O)[O-])cc3N2)c1. The van der Waals surface area contributed by atoms with Crippen molar-refractivity contribution in [2.45, 2.75) is 11.8 Å². The molecule has 0 bridgehead atoms. The number of anilines is 2. The molecule has 38 heavy (non-hydrogen) atoms. The lowest BCUT2D eigenvalue weighted by Crippen LogP contribution is -2.28. The summed E-state index contributed by atoms with van der Waals surface area (Å²) in [5.74, 6) is -4.87. The number of nitro groups is 1. The molecule has 0 aliphatic carbocycles. The molecule has 14 heteroatoms. The standard InChI is InChI=1S/C24H17F2N5O6S/c1-12(27)30-38(36,37)18-4-2-3-13(9-18)22(32)21(23(33)14-7-15(25)10-16(26)8-14)24-28-19-6-5-17(31(34)35)11-20(19)29-24/h2-11,28-29H,1H3,(H2,27,30). The normalized spacial score (nSPS) is 13.6. The van der Waals surface area contributed by atoms with Crippen LogP contribution in [0.2, 0.25) is 0 Å². The van der Waals surface area contributed by atoms with E-state index >= 15 is 0 Å². The fraction of sp³-hybridized carbons (Fsp3) is 0.0417. The summed E-state index contributed by atoms with van der Waals surface area (Å²) < 4.78 is 54.8. The molecule has 0 saturated carbocycles. The van der Waals surface area contributed by atoms with E-state index in [4.69, 9.17) is 5.41 Å². The average molecular weight is 541 g/mol. The second-order valence-electron chi connectivity index (χ2n) is 8.06. The Balaban J connectivity index is 1.85. The van der Waals surface area contributed by atoms with Crippen LogP contribution in [0.4, 0.5) is 25.8 Å². The predicted octanol–water partition coefficient (Wildman–Crippen LogP) is 3.96. The number of nitro benzene ring substituents is 1. The maximum Gasteiger partial charge on any atom is 0.271 e. The Morgan fingerprint density at radius 2 is 1.55 bits per heavy atom.